The highest BCUT2D eigenvalue weighted by atomic mass is 19.4. The number of alkyl halides is 6. The molecule has 0 amide bonds. The smallest absolute Gasteiger partial charge is 0.416 e. The topological polar surface area (TPSA) is 44.2 Å². The average molecular weight is 547 g/mol. The lowest BCUT2D eigenvalue weighted by Gasteiger charge is -2.12. The van der Waals surface area contributed by atoms with Crippen molar-refractivity contribution in [3.8, 4) is 11.6 Å². The number of ether oxygens (including phenoxy) is 2. The van der Waals surface area contributed by atoms with Crippen molar-refractivity contribution in [2.45, 2.75) is 32.5 Å². The molecule has 0 saturated carbocycles. The average Bonchev–Trinajstić information content (AvgIpc) is 2.89. The van der Waals surface area contributed by atoms with E-state index in [2.05, 4.69) is 16.8 Å². The Balaban J connectivity index is 1.83. The summed E-state index contributed by atoms with van der Waals surface area (Å²) < 4.78 is 89.9. The Morgan fingerprint density at radius 2 is 1.36 bits per heavy atom. The summed E-state index contributed by atoms with van der Waals surface area (Å²) in [6.45, 7) is 4.44. The minimum absolute atomic E-state index is 0.0349. The van der Waals surface area contributed by atoms with E-state index in [0.717, 1.165) is 11.1 Å². The maximum atomic E-state index is 13.3. The van der Waals surface area contributed by atoms with Gasteiger partial charge in [-0.25, -0.2) is 0 Å². The third-order valence-corrected chi connectivity index (χ3v) is 5.16. The fourth-order valence-electron chi connectivity index (χ4n) is 3.08. The fraction of sp³-hybridized carbons (Fsp3) is 0.172. The molecule has 0 atom stereocenters. The molecule has 0 bridgehead atoms. The van der Waals surface area contributed by atoms with Gasteiger partial charge in [0.05, 0.1) is 11.3 Å². The van der Waals surface area contributed by atoms with Gasteiger partial charge in [0.25, 0.3) is 5.88 Å². The molecule has 0 aliphatic heterocycles. The van der Waals surface area contributed by atoms with Gasteiger partial charge in [-0.05, 0) is 41.9 Å². The largest absolute Gasteiger partial charge is 0.483 e. The van der Waals surface area contributed by atoms with Gasteiger partial charge in [0.2, 0.25) is 0 Å². The molecule has 4 nitrogen and oxygen atoms in total. The lowest BCUT2D eigenvalue weighted by Crippen LogP contribution is -2.14. The Morgan fingerprint density at radius 1 is 0.795 bits per heavy atom. The Kier molecular flexibility index (Phi) is 9.70. The van der Waals surface area contributed by atoms with Crippen LogP contribution in [0.4, 0.5) is 26.3 Å². The predicted molar refractivity (Wildman–Crippen MR) is 136 cm³/mol. The molecule has 2 aromatic carbocycles. The second-order valence-corrected chi connectivity index (χ2v) is 8.32. The highest BCUT2D eigenvalue weighted by Crippen LogP contribution is 2.33. The summed E-state index contributed by atoms with van der Waals surface area (Å²) in [5.74, 6) is 0.350. The summed E-state index contributed by atoms with van der Waals surface area (Å²) in [5.41, 5.74) is -1.12. The molecule has 0 radical (unpaired) electrons. The van der Waals surface area contributed by atoms with Crippen molar-refractivity contribution in [2.75, 3.05) is 0 Å². The molecule has 0 saturated heterocycles. The number of hydrogen-bond acceptors (Lipinski definition) is 4. The number of aromatic nitrogens is 2. The summed E-state index contributed by atoms with van der Waals surface area (Å²) >= 11 is 0. The van der Waals surface area contributed by atoms with Crippen molar-refractivity contribution in [1.29, 1.82) is 0 Å². The molecular formula is C29H24F6N2O2. The number of halogens is 6. The first kappa shape index (κ1) is 29.2. The molecular weight excluding hydrogens is 522 g/mol. The molecule has 3 rings (SSSR count). The SMILES string of the molecule is C=C(/C=C/c1cc(OCc2ccccc2)c(OCc2ccccc2)nn1)/C=C(\C=C(/C)C(F)(F)F)C(F)(F)F. The number of benzene rings is 2. The van der Waals surface area contributed by atoms with Gasteiger partial charge in [-0.3, -0.25) is 0 Å². The Hall–Kier alpha value is -4.34. The van der Waals surface area contributed by atoms with Crippen LogP contribution in [0.25, 0.3) is 6.08 Å². The zero-order chi connectivity index (χ0) is 28.5. The third-order valence-electron chi connectivity index (χ3n) is 5.16. The van der Waals surface area contributed by atoms with Crippen LogP contribution >= 0.6 is 0 Å². The van der Waals surface area contributed by atoms with Crippen LogP contribution in [0.15, 0.2) is 108 Å². The zero-order valence-electron chi connectivity index (χ0n) is 20.8. The van der Waals surface area contributed by atoms with Gasteiger partial charge in [-0.15, -0.1) is 10.2 Å². The fourth-order valence-corrected chi connectivity index (χ4v) is 3.08. The summed E-state index contributed by atoms with van der Waals surface area (Å²) in [6.07, 6.45) is -6.86. The van der Waals surface area contributed by atoms with Crippen molar-refractivity contribution in [1.82, 2.24) is 10.2 Å². The summed E-state index contributed by atoms with van der Waals surface area (Å²) in [6, 6.07) is 20.1. The van der Waals surface area contributed by atoms with E-state index in [1.807, 2.05) is 60.7 Å². The molecule has 1 heterocycles. The zero-order valence-corrected chi connectivity index (χ0v) is 20.8. The van der Waals surface area contributed by atoms with Crippen LogP contribution in [0, 0.1) is 0 Å². The standard InChI is InChI=1S/C29H24F6N2O2/c1-20(15-24(29(33,34)35)16-21(2)28(30,31)32)13-14-25-17-26(38-18-22-9-5-3-6-10-22)27(37-36-25)39-19-23-11-7-4-8-12-23/h3-17H,1,18-19H2,2H3/b14-13+,21-16+,24-15+. The van der Waals surface area contributed by atoms with Crippen LogP contribution in [-0.2, 0) is 13.2 Å². The molecule has 39 heavy (non-hydrogen) atoms. The van der Waals surface area contributed by atoms with E-state index in [4.69, 9.17) is 9.47 Å². The molecule has 204 valence electrons. The normalized spacial score (nSPS) is 13.0. The van der Waals surface area contributed by atoms with Crippen molar-refractivity contribution in [3.05, 3.63) is 125 Å². The molecule has 0 N–H and O–H groups in total. The quantitative estimate of drug-likeness (QED) is 0.190. The Morgan fingerprint density at radius 3 is 1.90 bits per heavy atom. The monoisotopic (exact) mass is 546 g/mol. The highest BCUT2D eigenvalue weighted by Gasteiger charge is 2.36. The van der Waals surface area contributed by atoms with Gasteiger partial charge in [0.1, 0.15) is 13.2 Å². The number of hydrogen-bond donors (Lipinski definition) is 0. The van der Waals surface area contributed by atoms with Crippen molar-refractivity contribution < 1.29 is 35.8 Å². The van der Waals surface area contributed by atoms with Gasteiger partial charge < -0.3 is 9.47 Å². The van der Waals surface area contributed by atoms with Crippen LogP contribution in [0.3, 0.4) is 0 Å². The number of allylic oxidation sites excluding steroid dienone is 6. The highest BCUT2D eigenvalue weighted by molar-refractivity contribution is 5.54. The van der Waals surface area contributed by atoms with Crippen LogP contribution in [0.2, 0.25) is 0 Å². The van der Waals surface area contributed by atoms with Crippen LogP contribution in [0.1, 0.15) is 23.7 Å². The number of rotatable bonds is 10. The summed E-state index contributed by atoms with van der Waals surface area (Å²) in [5, 5.41) is 8.04. The van der Waals surface area contributed by atoms with Gasteiger partial charge in [-0.2, -0.15) is 26.3 Å². The van der Waals surface area contributed by atoms with E-state index in [9.17, 15) is 26.3 Å². The molecule has 0 aliphatic carbocycles. The second-order valence-electron chi connectivity index (χ2n) is 8.32. The predicted octanol–water partition coefficient (Wildman–Crippen LogP) is 8.20. The summed E-state index contributed by atoms with van der Waals surface area (Å²) in [4.78, 5) is 0. The minimum atomic E-state index is -5.01. The van der Waals surface area contributed by atoms with Crippen molar-refractivity contribution >= 4 is 6.08 Å². The van der Waals surface area contributed by atoms with E-state index in [0.29, 0.717) is 13.0 Å². The molecule has 0 fully saturated rings. The van der Waals surface area contributed by atoms with Crippen LogP contribution < -0.4 is 9.47 Å². The van der Waals surface area contributed by atoms with Crippen molar-refractivity contribution in [3.63, 3.8) is 0 Å². The maximum Gasteiger partial charge on any atom is 0.416 e. The van der Waals surface area contributed by atoms with Gasteiger partial charge in [0, 0.05) is 11.6 Å². The van der Waals surface area contributed by atoms with Gasteiger partial charge in [-0.1, -0.05) is 73.3 Å². The van der Waals surface area contributed by atoms with E-state index >= 15 is 0 Å². The molecule has 3 aromatic rings. The lowest BCUT2D eigenvalue weighted by molar-refractivity contribution is -0.0953. The first-order chi connectivity index (χ1) is 18.4. The lowest BCUT2D eigenvalue weighted by atomic mass is 10.1. The number of nitrogens with zero attached hydrogens (tertiary/aromatic N) is 2. The van der Waals surface area contributed by atoms with Gasteiger partial charge in [0.15, 0.2) is 5.75 Å². The molecule has 0 aliphatic rings. The van der Waals surface area contributed by atoms with Crippen LogP contribution in [0.5, 0.6) is 11.6 Å². The Labute approximate surface area is 221 Å². The van der Waals surface area contributed by atoms with E-state index < -0.39 is 23.5 Å². The molecule has 10 heteroatoms. The first-order valence-corrected chi connectivity index (χ1v) is 11.5. The van der Waals surface area contributed by atoms with E-state index in [1.165, 1.54) is 18.2 Å². The molecule has 0 unspecified atom stereocenters. The van der Waals surface area contributed by atoms with E-state index in [-0.39, 0.29) is 42.2 Å². The first-order valence-electron chi connectivity index (χ1n) is 11.5. The minimum Gasteiger partial charge on any atom is -0.483 e. The molecule has 1 aromatic heterocycles. The maximum absolute atomic E-state index is 13.3. The molecule has 0 spiro atoms. The van der Waals surface area contributed by atoms with Gasteiger partial charge >= 0.3 is 12.4 Å². The van der Waals surface area contributed by atoms with Crippen molar-refractivity contribution in [2.24, 2.45) is 0 Å². The second kappa shape index (κ2) is 12.9. The Bertz CT molecular complexity index is 1350. The summed E-state index contributed by atoms with van der Waals surface area (Å²) in [7, 11) is 0. The van der Waals surface area contributed by atoms with Crippen LogP contribution in [-0.4, -0.2) is 22.5 Å². The third kappa shape index (κ3) is 9.48. The van der Waals surface area contributed by atoms with E-state index in [1.54, 1.807) is 0 Å².